The van der Waals surface area contributed by atoms with E-state index in [1.807, 2.05) is 4.28 Å². The van der Waals surface area contributed by atoms with Gasteiger partial charge in [0.15, 0.2) is 0 Å². The van der Waals surface area contributed by atoms with Crippen molar-refractivity contribution in [2.45, 2.75) is 16.7 Å². The Morgan fingerprint density at radius 1 is 1.25 bits per heavy atom. The molecule has 0 radical (unpaired) electrons. The van der Waals surface area contributed by atoms with Crippen LogP contribution in [0.3, 0.4) is 0 Å². The summed E-state index contributed by atoms with van der Waals surface area (Å²) in [7, 11) is 0.380. The van der Waals surface area contributed by atoms with Crippen LogP contribution in [0.4, 0.5) is 0 Å². The van der Waals surface area contributed by atoms with E-state index in [0.29, 0.717) is 7.92 Å². The summed E-state index contributed by atoms with van der Waals surface area (Å²) in [6.45, 7) is 6.69. The number of rotatable bonds is 1. The molecule has 2 aliphatic rings. The molecule has 0 atom stereocenters. The summed E-state index contributed by atoms with van der Waals surface area (Å²) in [4.78, 5) is 0. The average molecular weight is 220 g/mol. The van der Waals surface area contributed by atoms with Crippen molar-refractivity contribution in [3.8, 4) is 0 Å². The fraction of sp³-hybridized carbons (Fsp3) is 0.600. The molecular weight excluding hydrogens is 202 g/mol. The zero-order valence-electron chi connectivity index (χ0n) is 8.25. The van der Waals surface area contributed by atoms with E-state index >= 15 is 0 Å². The molecule has 1 fully saturated rings. The molecule has 2 rings (SSSR count). The maximum absolute atomic E-state index is 2.34. The van der Waals surface area contributed by atoms with Crippen LogP contribution in [0.25, 0.3) is 0 Å². The van der Waals surface area contributed by atoms with Crippen LogP contribution in [0, 0.1) is 0 Å². The van der Waals surface area contributed by atoms with Crippen molar-refractivity contribution in [2.24, 2.45) is 0 Å². The average Bonchev–Trinajstić information content (AvgIpc) is 2.67. The topological polar surface area (TPSA) is 0 Å². The molecule has 0 aromatic carbocycles. The number of hydrogen-bond donors (Lipinski definition) is 0. The molecule has 0 amide bonds. The largest absolute Gasteiger partial charge is 0.116 e. The van der Waals surface area contributed by atoms with Crippen molar-refractivity contribution in [1.29, 1.82) is 0 Å². The fourth-order valence-corrected chi connectivity index (χ4v) is 3.74. The van der Waals surface area contributed by atoms with Crippen molar-refractivity contribution < 1.29 is 15.2 Å². The molecule has 0 bridgehead atoms. The van der Waals surface area contributed by atoms with Crippen molar-refractivity contribution >= 4 is 7.92 Å². The second kappa shape index (κ2) is 5.27. The van der Waals surface area contributed by atoms with Gasteiger partial charge in [0.1, 0.15) is 0 Å². The maximum Gasteiger partial charge on any atom is -0.0449 e. The van der Waals surface area contributed by atoms with E-state index in [0.717, 1.165) is 0 Å². The molecular formula is C10H18PV. The SMILES string of the molecule is C1=CC[C]([V]2[CH2][CH2]2)=C1.CP(C)C. The predicted octanol–water partition coefficient (Wildman–Crippen LogP) is 3.66. The van der Waals surface area contributed by atoms with E-state index in [-0.39, 0.29) is 15.2 Å². The molecule has 0 saturated carbocycles. The molecule has 1 aliphatic carbocycles. The maximum atomic E-state index is 2.34. The van der Waals surface area contributed by atoms with Crippen LogP contribution in [0.5, 0.6) is 0 Å². The third-order valence-corrected chi connectivity index (χ3v) is 4.79. The zero-order valence-corrected chi connectivity index (χ0v) is 10.5. The molecule has 0 aromatic heterocycles. The quantitative estimate of drug-likeness (QED) is 0.591. The second-order valence-corrected chi connectivity index (χ2v) is 10.3. The summed E-state index contributed by atoms with van der Waals surface area (Å²) in [5.74, 6) is 0. The van der Waals surface area contributed by atoms with Gasteiger partial charge in [0.2, 0.25) is 0 Å². The van der Waals surface area contributed by atoms with Gasteiger partial charge in [0.25, 0.3) is 0 Å². The Hall–Kier alpha value is 0.494. The predicted molar refractivity (Wildman–Crippen MR) is 56.1 cm³/mol. The molecule has 0 N–H and O–H groups in total. The van der Waals surface area contributed by atoms with Crippen LogP contribution < -0.4 is 0 Å². The number of hydrogen-bond acceptors (Lipinski definition) is 0. The molecule has 0 aromatic rings. The monoisotopic (exact) mass is 220 g/mol. The van der Waals surface area contributed by atoms with Gasteiger partial charge in [-0.2, -0.15) is 0 Å². The van der Waals surface area contributed by atoms with Gasteiger partial charge >= 0.3 is 54.4 Å². The minimum absolute atomic E-state index is 0.233. The van der Waals surface area contributed by atoms with Gasteiger partial charge in [0, 0.05) is 0 Å². The Morgan fingerprint density at radius 3 is 2.17 bits per heavy atom. The molecule has 1 heterocycles. The van der Waals surface area contributed by atoms with E-state index in [2.05, 4.69) is 38.2 Å². The van der Waals surface area contributed by atoms with Crippen LogP contribution in [0.2, 0.25) is 10.3 Å². The first kappa shape index (κ1) is 10.6. The van der Waals surface area contributed by atoms with Gasteiger partial charge in [-0.1, -0.05) is 0 Å². The first-order valence-electron chi connectivity index (χ1n) is 4.41. The van der Waals surface area contributed by atoms with E-state index in [1.54, 1.807) is 10.3 Å². The Labute approximate surface area is 82.4 Å². The first-order chi connectivity index (χ1) is 5.70. The molecule has 2 heteroatoms. The van der Waals surface area contributed by atoms with Crippen molar-refractivity contribution in [2.75, 3.05) is 20.0 Å². The van der Waals surface area contributed by atoms with Gasteiger partial charge < -0.3 is 0 Å². The van der Waals surface area contributed by atoms with Crippen LogP contribution >= 0.6 is 7.92 Å². The van der Waals surface area contributed by atoms with Crippen LogP contribution in [0.1, 0.15) is 6.42 Å². The first-order valence-corrected chi connectivity index (χ1v) is 9.77. The van der Waals surface area contributed by atoms with E-state index in [9.17, 15) is 0 Å². The Kier molecular flexibility index (Phi) is 4.65. The summed E-state index contributed by atoms with van der Waals surface area (Å²) in [6.07, 6.45) is 8.14. The van der Waals surface area contributed by atoms with E-state index in [1.165, 1.54) is 6.42 Å². The minimum atomic E-state index is -0.233. The third-order valence-electron chi connectivity index (χ3n) is 1.61. The van der Waals surface area contributed by atoms with Gasteiger partial charge in [-0.25, -0.2) is 0 Å². The standard InChI is InChI=1S/C5H5.C3H9P.C2H4.V/c1-2-4-5-3-1;1-4(2)3;1-2;/h1-3H,4H2;1-3H3;1-2H2;. The summed E-state index contributed by atoms with van der Waals surface area (Å²) in [5, 5.41) is 3.20. The van der Waals surface area contributed by atoms with Crippen molar-refractivity contribution in [3.63, 3.8) is 0 Å². The molecule has 68 valence electrons. The third kappa shape index (κ3) is 4.50. The summed E-state index contributed by atoms with van der Waals surface area (Å²) in [5.41, 5.74) is 0. The van der Waals surface area contributed by atoms with Gasteiger partial charge in [-0.05, 0) is 20.0 Å². The van der Waals surface area contributed by atoms with Crippen LogP contribution in [0.15, 0.2) is 22.5 Å². The Morgan fingerprint density at radius 2 is 1.83 bits per heavy atom. The Balaban J connectivity index is 0.000000157. The van der Waals surface area contributed by atoms with Gasteiger partial charge in [-0.3, -0.25) is 0 Å². The van der Waals surface area contributed by atoms with Crippen molar-refractivity contribution in [3.05, 3.63) is 22.5 Å². The molecule has 0 unspecified atom stereocenters. The second-order valence-electron chi connectivity index (χ2n) is 3.62. The van der Waals surface area contributed by atoms with Crippen LogP contribution in [-0.4, -0.2) is 20.0 Å². The minimum Gasteiger partial charge on any atom is -0.116 e. The van der Waals surface area contributed by atoms with Crippen molar-refractivity contribution in [1.82, 2.24) is 0 Å². The molecule has 0 spiro atoms. The molecule has 1 aliphatic heterocycles. The molecule has 0 nitrogen and oxygen atoms in total. The summed E-state index contributed by atoms with van der Waals surface area (Å²) >= 11 is -0.233. The normalized spacial score (nSPS) is 20.5. The summed E-state index contributed by atoms with van der Waals surface area (Å²) in [6, 6.07) is 0. The van der Waals surface area contributed by atoms with Gasteiger partial charge in [0.05, 0.1) is 0 Å². The molecule has 12 heavy (non-hydrogen) atoms. The fourth-order valence-electron chi connectivity index (χ4n) is 1.01. The summed E-state index contributed by atoms with van der Waals surface area (Å²) < 4.78 is 1.82. The molecule has 1 saturated heterocycles. The zero-order chi connectivity index (χ0) is 8.97. The van der Waals surface area contributed by atoms with Crippen LogP contribution in [-0.2, 0) is 15.2 Å². The number of allylic oxidation sites excluding steroid dienone is 4. The van der Waals surface area contributed by atoms with E-state index in [4.69, 9.17) is 0 Å². The Bertz CT molecular complexity index is 187. The van der Waals surface area contributed by atoms with Gasteiger partial charge in [-0.15, -0.1) is 7.92 Å². The van der Waals surface area contributed by atoms with E-state index < -0.39 is 0 Å². The smallest absolute Gasteiger partial charge is 0.0449 e.